The van der Waals surface area contributed by atoms with E-state index in [1.54, 1.807) is 16.0 Å². The Morgan fingerprint density at radius 3 is 2.46 bits per heavy atom. The van der Waals surface area contributed by atoms with Crippen molar-refractivity contribution in [1.82, 2.24) is 4.68 Å². The van der Waals surface area contributed by atoms with Gasteiger partial charge in [-0.1, -0.05) is 19.3 Å². The lowest BCUT2D eigenvalue weighted by Crippen LogP contribution is -2.19. The third-order valence-corrected chi connectivity index (χ3v) is 5.08. The van der Waals surface area contributed by atoms with Crippen LogP contribution >= 0.6 is 11.3 Å². The molecular weight excluding hydrogens is 326 g/mol. The molecule has 0 unspecified atom stereocenters. The van der Waals surface area contributed by atoms with Gasteiger partial charge in [0.05, 0.1) is 18.0 Å². The second-order valence-corrected chi connectivity index (χ2v) is 6.88. The van der Waals surface area contributed by atoms with Crippen LogP contribution in [0.25, 0.3) is 0 Å². The molecule has 1 aromatic heterocycles. The third kappa shape index (κ3) is 3.62. The van der Waals surface area contributed by atoms with Crippen LogP contribution in [0.1, 0.15) is 43.4 Å². The molecule has 0 amide bonds. The van der Waals surface area contributed by atoms with E-state index in [1.807, 2.05) is 12.3 Å². The summed E-state index contributed by atoms with van der Waals surface area (Å²) in [7, 11) is 0. The number of benzene rings is 1. The highest BCUT2D eigenvalue weighted by Gasteiger charge is 2.12. The standard InChI is InChI=1S/C17H21N3O3S/c1-11-10-24-17(19-13-5-3-2-4-6-13)20(11)18-9-12-7-14(21)16(23)15(22)8-12/h7-10,13,21-23H,2-6H2,1H3. The molecule has 0 radical (unpaired) electrons. The van der Waals surface area contributed by atoms with Crippen LogP contribution in [0.15, 0.2) is 27.6 Å². The SMILES string of the molecule is Cc1csc(=NC2CCCCC2)n1N=Cc1cc(O)c(O)c(O)c1. The maximum Gasteiger partial charge on any atom is 0.206 e. The lowest BCUT2D eigenvalue weighted by atomic mass is 9.96. The minimum absolute atomic E-state index is 0.361. The zero-order valence-electron chi connectivity index (χ0n) is 13.5. The highest BCUT2D eigenvalue weighted by molar-refractivity contribution is 7.07. The van der Waals surface area contributed by atoms with Crippen LogP contribution in [0.4, 0.5) is 0 Å². The molecule has 0 atom stereocenters. The molecule has 0 saturated heterocycles. The number of hydrogen-bond donors (Lipinski definition) is 3. The Hall–Kier alpha value is -2.28. The Bertz CT molecular complexity index is 794. The van der Waals surface area contributed by atoms with Crippen molar-refractivity contribution in [3.63, 3.8) is 0 Å². The van der Waals surface area contributed by atoms with Gasteiger partial charge >= 0.3 is 0 Å². The summed E-state index contributed by atoms with van der Waals surface area (Å²) in [5, 5.41) is 35.0. The number of hydrogen-bond acceptors (Lipinski definition) is 6. The van der Waals surface area contributed by atoms with Gasteiger partial charge in [0.25, 0.3) is 0 Å². The molecule has 1 aliphatic carbocycles. The first kappa shape index (κ1) is 16.6. The van der Waals surface area contributed by atoms with Gasteiger partial charge in [-0.25, -0.2) is 4.68 Å². The average Bonchev–Trinajstić information content (AvgIpc) is 2.91. The minimum atomic E-state index is -0.528. The smallest absolute Gasteiger partial charge is 0.206 e. The first-order valence-electron chi connectivity index (χ1n) is 8.05. The Labute approximate surface area is 144 Å². The number of aryl methyl sites for hydroxylation is 1. The maximum absolute atomic E-state index is 9.57. The Morgan fingerprint density at radius 2 is 1.79 bits per heavy atom. The summed E-state index contributed by atoms with van der Waals surface area (Å²) < 4.78 is 1.76. The number of thiazole rings is 1. The third-order valence-electron chi connectivity index (χ3n) is 4.13. The van der Waals surface area contributed by atoms with Gasteiger partial charge in [0.1, 0.15) is 0 Å². The van der Waals surface area contributed by atoms with Gasteiger partial charge in [-0.05, 0) is 31.9 Å². The van der Waals surface area contributed by atoms with Gasteiger partial charge in [-0.3, -0.25) is 4.99 Å². The Kier molecular flexibility index (Phi) is 4.89. The largest absolute Gasteiger partial charge is 0.504 e. The maximum atomic E-state index is 9.57. The summed E-state index contributed by atoms with van der Waals surface area (Å²) >= 11 is 1.56. The van der Waals surface area contributed by atoms with Crippen LogP contribution in [0, 0.1) is 6.92 Å². The van der Waals surface area contributed by atoms with Crippen molar-refractivity contribution in [2.24, 2.45) is 10.1 Å². The van der Waals surface area contributed by atoms with Crippen LogP contribution in [0.3, 0.4) is 0 Å². The van der Waals surface area contributed by atoms with Crippen molar-refractivity contribution in [2.75, 3.05) is 0 Å². The Balaban J connectivity index is 1.90. The molecule has 6 nitrogen and oxygen atoms in total. The molecule has 1 aromatic carbocycles. The summed E-state index contributed by atoms with van der Waals surface area (Å²) in [4.78, 5) is 5.68. The Morgan fingerprint density at radius 1 is 1.12 bits per heavy atom. The average molecular weight is 347 g/mol. The lowest BCUT2D eigenvalue weighted by molar-refractivity contribution is 0.368. The zero-order chi connectivity index (χ0) is 17.1. The number of aromatic hydroxyl groups is 3. The molecular formula is C17H21N3O3S. The summed E-state index contributed by atoms with van der Waals surface area (Å²) in [6, 6.07) is 3.05. The van der Waals surface area contributed by atoms with E-state index in [2.05, 4.69) is 5.10 Å². The van der Waals surface area contributed by atoms with E-state index in [9.17, 15) is 15.3 Å². The van der Waals surface area contributed by atoms with Crippen molar-refractivity contribution in [3.05, 3.63) is 33.6 Å². The monoisotopic (exact) mass is 347 g/mol. The number of aromatic nitrogens is 1. The molecule has 128 valence electrons. The van der Waals surface area contributed by atoms with Crippen molar-refractivity contribution < 1.29 is 15.3 Å². The minimum Gasteiger partial charge on any atom is -0.504 e. The number of nitrogens with zero attached hydrogens (tertiary/aromatic N) is 3. The fraction of sp³-hybridized carbons (Fsp3) is 0.412. The van der Waals surface area contributed by atoms with E-state index in [0.29, 0.717) is 11.6 Å². The van der Waals surface area contributed by atoms with Crippen LogP contribution in [0.5, 0.6) is 17.2 Å². The van der Waals surface area contributed by atoms with E-state index in [-0.39, 0.29) is 11.5 Å². The van der Waals surface area contributed by atoms with Crippen LogP contribution in [-0.4, -0.2) is 32.3 Å². The van der Waals surface area contributed by atoms with E-state index in [0.717, 1.165) is 23.3 Å². The zero-order valence-corrected chi connectivity index (χ0v) is 14.3. The molecule has 24 heavy (non-hydrogen) atoms. The quantitative estimate of drug-likeness (QED) is 0.589. The fourth-order valence-electron chi connectivity index (χ4n) is 2.80. The number of phenolic OH excluding ortho intramolecular Hbond substituents is 3. The lowest BCUT2D eigenvalue weighted by Gasteiger charge is -2.16. The highest BCUT2D eigenvalue weighted by Crippen LogP contribution is 2.34. The van der Waals surface area contributed by atoms with E-state index >= 15 is 0 Å². The first-order chi connectivity index (χ1) is 11.5. The molecule has 1 fully saturated rings. The summed E-state index contributed by atoms with van der Waals surface area (Å²) in [5.74, 6) is -1.29. The molecule has 1 aliphatic rings. The predicted octanol–water partition coefficient (Wildman–Crippen LogP) is 3.09. The molecule has 7 heteroatoms. The molecule has 1 saturated carbocycles. The van der Waals surface area contributed by atoms with Gasteiger partial charge in [-0.15, -0.1) is 11.3 Å². The van der Waals surface area contributed by atoms with Gasteiger partial charge < -0.3 is 15.3 Å². The predicted molar refractivity (Wildman–Crippen MR) is 93.9 cm³/mol. The second kappa shape index (κ2) is 7.09. The van der Waals surface area contributed by atoms with Gasteiger partial charge in [0.2, 0.25) is 4.80 Å². The van der Waals surface area contributed by atoms with Crippen LogP contribution in [0.2, 0.25) is 0 Å². The van der Waals surface area contributed by atoms with Crippen molar-refractivity contribution in [3.8, 4) is 17.2 Å². The highest BCUT2D eigenvalue weighted by atomic mass is 32.1. The van der Waals surface area contributed by atoms with E-state index < -0.39 is 5.75 Å². The normalized spacial score (nSPS) is 17.0. The molecule has 0 bridgehead atoms. The first-order valence-corrected chi connectivity index (χ1v) is 8.93. The summed E-state index contributed by atoms with van der Waals surface area (Å²) in [5.41, 5.74) is 1.46. The van der Waals surface area contributed by atoms with E-state index in [4.69, 9.17) is 4.99 Å². The number of phenols is 3. The van der Waals surface area contributed by atoms with Crippen molar-refractivity contribution in [2.45, 2.75) is 45.1 Å². The number of rotatable bonds is 3. The van der Waals surface area contributed by atoms with Crippen molar-refractivity contribution in [1.29, 1.82) is 0 Å². The molecule has 2 aromatic rings. The van der Waals surface area contributed by atoms with Gasteiger partial charge in [0, 0.05) is 10.9 Å². The van der Waals surface area contributed by atoms with Crippen LogP contribution in [-0.2, 0) is 0 Å². The molecule has 3 N–H and O–H groups in total. The fourth-order valence-corrected chi connectivity index (χ4v) is 3.68. The van der Waals surface area contributed by atoms with E-state index in [1.165, 1.54) is 37.6 Å². The molecule has 1 heterocycles. The second-order valence-electron chi connectivity index (χ2n) is 6.04. The summed E-state index contributed by atoms with van der Waals surface area (Å²) in [6.07, 6.45) is 7.53. The van der Waals surface area contributed by atoms with Gasteiger partial charge in [0.15, 0.2) is 17.2 Å². The molecule has 0 spiro atoms. The summed E-state index contributed by atoms with van der Waals surface area (Å²) in [6.45, 7) is 1.96. The van der Waals surface area contributed by atoms with Crippen LogP contribution < -0.4 is 4.80 Å². The van der Waals surface area contributed by atoms with Gasteiger partial charge in [-0.2, -0.15) is 5.10 Å². The topological polar surface area (TPSA) is 90.3 Å². The van der Waals surface area contributed by atoms with Crippen molar-refractivity contribution >= 4 is 17.6 Å². The molecule has 3 rings (SSSR count). The molecule has 0 aliphatic heterocycles.